The van der Waals surface area contributed by atoms with Gasteiger partial charge in [-0.2, -0.15) is 0 Å². The quantitative estimate of drug-likeness (QED) is 0.645. The Bertz CT molecular complexity index is 424. The average molecular weight is 360 g/mol. The van der Waals surface area contributed by atoms with E-state index in [1.54, 1.807) is 7.11 Å². The van der Waals surface area contributed by atoms with Crippen LogP contribution in [0.15, 0.2) is 16.6 Å². The van der Waals surface area contributed by atoms with Gasteiger partial charge < -0.3 is 19.5 Å². The molecular weight excluding hydrogens is 334 g/mol. The predicted octanol–water partition coefficient (Wildman–Crippen LogP) is 3.76. The first-order chi connectivity index (χ1) is 10.1. The van der Waals surface area contributed by atoms with Gasteiger partial charge in [0.05, 0.1) is 24.3 Å². The summed E-state index contributed by atoms with van der Waals surface area (Å²) in [6.45, 7) is 9.06. The first-order valence-corrected chi connectivity index (χ1v) is 8.19. The second kappa shape index (κ2) is 10.0. The maximum absolute atomic E-state index is 5.77. The van der Waals surface area contributed by atoms with Crippen molar-refractivity contribution in [2.45, 2.75) is 39.8 Å². The molecule has 1 aromatic carbocycles. The Balaban J connectivity index is 2.66. The highest BCUT2D eigenvalue weighted by Crippen LogP contribution is 2.36. The Morgan fingerprint density at radius 2 is 2.00 bits per heavy atom. The zero-order valence-electron chi connectivity index (χ0n) is 13.4. The molecule has 0 fully saturated rings. The lowest BCUT2D eigenvalue weighted by Gasteiger charge is -2.15. The molecular formula is C16H26BrNO3. The largest absolute Gasteiger partial charge is 0.493 e. The van der Waals surface area contributed by atoms with E-state index in [9.17, 15) is 0 Å². The third-order valence-corrected chi connectivity index (χ3v) is 3.42. The van der Waals surface area contributed by atoms with Crippen LogP contribution in [0.1, 0.15) is 32.8 Å². The fraction of sp³-hybridized carbons (Fsp3) is 0.625. The molecule has 0 spiro atoms. The summed E-state index contributed by atoms with van der Waals surface area (Å²) in [6, 6.07) is 4.07. The van der Waals surface area contributed by atoms with Gasteiger partial charge in [0.2, 0.25) is 0 Å². The number of methoxy groups -OCH3 is 1. The maximum atomic E-state index is 5.77. The summed E-state index contributed by atoms with van der Waals surface area (Å²) in [4.78, 5) is 0. The molecule has 0 aliphatic heterocycles. The van der Waals surface area contributed by atoms with E-state index in [1.165, 1.54) is 0 Å². The van der Waals surface area contributed by atoms with E-state index in [2.05, 4.69) is 34.2 Å². The van der Waals surface area contributed by atoms with E-state index < -0.39 is 0 Å². The molecule has 0 bridgehead atoms. The smallest absolute Gasteiger partial charge is 0.175 e. The maximum Gasteiger partial charge on any atom is 0.175 e. The number of hydrogen-bond donors (Lipinski definition) is 1. The van der Waals surface area contributed by atoms with E-state index >= 15 is 0 Å². The first-order valence-electron chi connectivity index (χ1n) is 7.40. The topological polar surface area (TPSA) is 39.7 Å². The minimum atomic E-state index is 0.214. The van der Waals surface area contributed by atoms with Crippen molar-refractivity contribution in [1.82, 2.24) is 5.32 Å². The van der Waals surface area contributed by atoms with Crippen molar-refractivity contribution in [2.24, 2.45) is 0 Å². The molecule has 4 nitrogen and oxygen atoms in total. The van der Waals surface area contributed by atoms with Crippen molar-refractivity contribution in [3.8, 4) is 11.5 Å². The Labute approximate surface area is 136 Å². The van der Waals surface area contributed by atoms with Crippen molar-refractivity contribution >= 4 is 15.9 Å². The van der Waals surface area contributed by atoms with Crippen LogP contribution in [0.2, 0.25) is 0 Å². The summed E-state index contributed by atoms with van der Waals surface area (Å²) in [6.07, 6.45) is 1.33. The Morgan fingerprint density at radius 3 is 2.62 bits per heavy atom. The summed E-state index contributed by atoms with van der Waals surface area (Å²) < 4.78 is 17.6. The second-order valence-corrected chi connectivity index (χ2v) is 5.91. The van der Waals surface area contributed by atoms with Crippen molar-refractivity contribution in [3.63, 3.8) is 0 Å². The van der Waals surface area contributed by atoms with E-state index in [4.69, 9.17) is 14.2 Å². The number of nitrogens with one attached hydrogen (secondary N) is 1. The van der Waals surface area contributed by atoms with Gasteiger partial charge in [-0.25, -0.2) is 0 Å². The molecule has 21 heavy (non-hydrogen) atoms. The van der Waals surface area contributed by atoms with Crippen LogP contribution in [-0.2, 0) is 11.3 Å². The van der Waals surface area contributed by atoms with Gasteiger partial charge in [-0.05, 0) is 60.4 Å². The van der Waals surface area contributed by atoms with Gasteiger partial charge in [0.1, 0.15) is 6.61 Å². The summed E-state index contributed by atoms with van der Waals surface area (Å²) in [5.41, 5.74) is 1.16. The van der Waals surface area contributed by atoms with Gasteiger partial charge in [-0.1, -0.05) is 6.92 Å². The average Bonchev–Trinajstić information content (AvgIpc) is 2.44. The minimum Gasteiger partial charge on any atom is -0.493 e. The first kappa shape index (κ1) is 18.3. The van der Waals surface area contributed by atoms with Crippen molar-refractivity contribution in [1.29, 1.82) is 0 Å². The highest BCUT2D eigenvalue weighted by atomic mass is 79.9. The third kappa shape index (κ3) is 6.68. The molecule has 1 N–H and O–H groups in total. The predicted molar refractivity (Wildman–Crippen MR) is 89.3 cm³/mol. The highest BCUT2D eigenvalue weighted by Gasteiger charge is 2.11. The lowest BCUT2D eigenvalue weighted by atomic mass is 10.2. The van der Waals surface area contributed by atoms with Crippen LogP contribution in [0, 0.1) is 0 Å². The molecule has 0 saturated carbocycles. The molecule has 5 heteroatoms. The monoisotopic (exact) mass is 359 g/mol. The molecule has 0 heterocycles. The van der Waals surface area contributed by atoms with E-state index in [0.29, 0.717) is 13.2 Å². The molecule has 0 aromatic heterocycles. The minimum absolute atomic E-state index is 0.214. The zero-order valence-corrected chi connectivity index (χ0v) is 15.0. The normalized spacial score (nSPS) is 11.0. The molecule has 1 rings (SSSR count). The van der Waals surface area contributed by atoms with Crippen LogP contribution in [0.4, 0.5) is 0 Å². The van der Waals surface area contributed by atoms with Crippen LogP contribution < -0.4 is 14.8 Å². The van der Waals surface area contributed by atoms with Gasteiger partial charge in [-0.15, -0.1) is 0 Å². The summed E-state index contributed by atoms with van der Waals surface area (Å²) in [5.74, 6) is 1.46. The van der Waals surface area contributed by atoms with Gasteiger partial charge in [0, 0.05) is 6.54 Å². The van der Waals surface area contributed by atoms with Gasteiger partial charge in [0.15, 0.2) is 11.5 Å². The van der Waals surface area contributed by atoms with Crippen molar-refractivity contribution < 1.29 is 14.2 Å². The molecule has 120 valence electrons. The summed E-state index contributed by atoms with van der Waals surface area (Å²) in [7, 11) is 1.66. The highest BCUT2D eigenvalue weighted by molar-refractivity contribution is 9.10. The van der Waals surface area contributed by atoms with Crippen LogP contribution in [0.5, 0.6) is 11.5 Å². The molecule has 0 amide bonds. The fourth-order valence-corrected chi connectivity index (χ4v) is 2.46. The molecule has 0 saturated heterocycles. The second-order valence-electron chi connectivity index (χ2n) is 5.05. The number of rotatable bonds is 10. The van der Waals surface area contributed by atoms with Crippen LogP contribution in [0.25, 0.3) is 0 Å². The van der Waals surface area contributed by atoms with E-state index in [1.807, 2.05) is 19.9 Å². The van der Waals surface area contributed by atoms with Crippen molar-refractivity contribution in [3.05, 3.63) is 22.2 Å². The van der Waals surface area contributed by atoms with Crippen LogP contribution in [-0.4, -0.2) is 33.0 Å². The van der Waals surface area contributed by atoms with E-state index in [-0.39, 0.29) is 6.10 Å². The number of ether oxygens (including phenoxy) is 3. The molecule has 0 unspecified atom stereocenters. The Morgan fingerprint density at radius 1 is 1.24 bits per heavy atom. The molecule has 0 aliphatic carbocycles. The Hall–Kier alpha value is -0.780. The van der Waals surface area contributed by atoms with Crippen LogP contribution >= 0.6 is 15.9 Å². The molecule has 0 aliphatic rings. The molecule has 0 atom stereocenters. The van der Waals surface area contributed by atoms with Gasteiger partial charge >= 0.3 is 0 Å². The number of hydrogen-bond acceptors (Lipinski definition) is 4. The van der Waals surface area contributed by atoms with Gasteiger partial charge in [0.25, 0.3) is 0 Å². The van der Waals surface area contributed by atoms with E-state index in [0.717, 1.165) is 41.0 Å². The zero-order chi connectivity index (χ0) is 15.7. The lowest BCUT2D eigenvalue weighted by molar-refractivity contribution is 0.0545. The molecule has 0 radical (unpaired) electrons. The van der Waals surface area contributed by atoms with Crippen LogP contribution in [0.3, 0.4) is 0 Å². The SMILES string of the molecule is CCCNCc1cc(Br)c(OCCOC(C)C)c(OC)c1. The lowest BCUT2D eigenvalue weighted by Crippen LogP contribution is -2.14. The summed E-state index contributed by atoms with van der Waals surface area (Å²) in [5, 5.41) is 3.38. The van der Waals surface area contributed by atoms with Gasteiger partial charge in [-0.3, -0.25) is 0 Å². The fourth-order valence-electron chi connectivity index (χ4n) is 1.85. The van der Waals surface area contributed by atoms with Crippen molar-refractivity contribution in [2.75, 3.05) is 26.9 Å². The Kier molecular flexibility index (Phi) is 8.73. The molecule has 1 aromatic rings. The number of benzene rings is 1. The number of halogens is 1. The summed E-state index contributed by atoms with van der Waals surface area (Å²) >= 11 is 3.56. The standard InChI is InChI=1S/C16H26BrNO3/c1-5-6-18-11-13-9-14(17)16(15(10-13)19-4)21-8-7-20-12(2)3/h9-10,12,18H,5-8,11H2,1-4H3. The third-order valence-electron chi connectivity index (χ3n) is 2.83.